The zero-order valence-corrected chi connectivity index (χ0v) is 23.9. The maximum atomic E-state index is 13.7. The molecule has 37 heavy (non-hydrogen) atoms. The van der Waals surface area contributed by atoms with Gasteiger partial charge in [-0.3, -0.25) is 9.59 Å². The minimum atomic E-state index is -0.692. The zero-order chi connectivity index (χ0) is 27.0. The highest BCUT2D eigenvalue weighted by atomic mass is 79.9. The molecule has 0 fully saturated rings. The lowest BCUT2D eigenvalue weighted by Gasteiger charge is -2.32. The van der Waals surface area contributed by atoms with Crippen molar-refractivity contribution in [2.75, 3.05) is 6.61 Å². The van der Waals surface area contributed by atoms with Crippen LogP contribution in [0.2, 0.25) is 0 Å². The first kappa shape index (κ1) is 28.5. The van der Waals surface area contributed by atoms with Crippen LogP contribution in [0.25, 0.3) is 0 Å². The van der Waals surface area contributed by atoms with Crippen molar-refractivity contribution in [2.45, 2.75) is 65.1 Å². The summed E-state index contributed by atoms with van der Waals surface area (Å²) in [6, 6.07) is 24.6. The third-order valence-electron chi connectivity index (χ3n) is 6.03. The van der Waals surface area contributed by atoms with Crippen molar-refractivity contribution in [1.82, 2.24) is 10.2 Å². The maximum absolute atomic E-state index is 13.7. The Balaban J connectivity index is 1.88. The van der Waals surface area contributed by atoms with E-state index in [-0.39, 0.29) is 36.4 Å². The minimum absolute atomic E-state index is 0.0313. The van der Waals surface area contributed by atoms with Gasteiger partial charge in [-0.25, -0.2) is 0 Å². The van der Waals surface area contributed by atoms with E-state index in [1.807, 2.05) is 92.7 Å². The second kappa shape index (κ2) is 12.9. The lowest BCUT2D eigenvalue weighted by atomic mass is 9.87. The lowest BCUT2D eigenvalue weighted by Crippen LogP contribution is -2.52. The number of ether oxygens (including phenoxy) is 1. The van der Waals surface area contributed by atoms with E-state index in [1.165, 1.54) is 5.56 Å². The molecule has 196 valence electrons. The van der Waals surface area contributed by atoms with E-state index < -0.39 is 6.04 Å². The van der Waals surface area contributed by atoms with Crippen LogP contribution in [0, 0.1) is 0 Å². The van der Waals surface area contributed by atoms with Crippen molar-refractivity contribution in [3.05, 3.63) is 100 Å². The van der Waals surface area contributed by atoms with Gasteiger partial charge in [-0.15, -0.1) is 0 Å². The molecule has 6 heteroatoms. The molecule has 0 aromatic heterocycles. The van der Waals surface area contributed by atoms with Crippen LogP contribution in [0.5, 0.6) is 5.75 Å². The second-order valence-corrected chi connectivity index (χ2v) is 11.5. The molecule has 3 aromatic carbocycles. The number of rotatable bonds is 10. The highest BCUT2D eigenvalue weighted by Gasteiger charge is 2.31. The first-order valence-electron chi connectivity index (χ1n) is 12.6. The van der Waals surface area contributed by atoms with Crippen LogP contribution in [0.1, 0.15) is 51.3 Å². The van der Waals surface area contributed by atoms with Gasteiger partial charge in [0.2, 0.25) is 5.91 Å². The Morgan fingerprint density at radius 1 is 0.919 bits per heavy atom. The predicted molar refractivity (Wildman–Crippen MR) is 153 cm³/mol. The summed E-state index contributed by atoms with van der Waals surface area (Å²) in [4.78, 5) is 28.7. The Morgan fingerprint density at radius 2 is 1.57 bits per heavy atom. The largest absolute Gasteiger partial charge is 0.484 e. The van der Waals surface area contributed by atoms with Gasteiger partial charge < -0.3 is 15.0 Å². The Labute approximate surface area is 229 Å². The quantitative estimate of drug-likeness (QED) is 0.315. The number of hydrogen-bond donors (Lipinski definition) is 1. The molecule has 0 bridgehead atoms. The van der Waals surface area contributed by atoms with Gasteiger partial charge in [0, 0.05) is 23.5 Å². The summed E-state index contributed by atoms with van der Waals surface area (Å²) in [7, 11) is 0. The summed E-state index contributed by atoms with van der Waals surface area (Å²) >= 11 is 3.52. The Bertz CT molecular complexity index is 1170. The molecule has 0 aliphatic carbocycles. The van der Waals surface area contributed by atoms with Gasteiger partial charge in [0.05, 0.1) is 0 Å². The molecule has 1 N–H and O–H groups in total. The maximum Gasteiger partial charge on any atom is 0.261 e. The number of halogens is 1. The van der Waals surface area contributed by atoms with Crippen LogP contribution in [0.15, 0.2) is 83.3 Å². The van der Waals surface area contributed by atoms with Crippen LogP contribution >= 0.6 is 15.9 Å². The fourth-order valence-electron chi connectivity index (χ4n) is 4.05. The van der Waals surface area contributed by atoms with E-state index >= 15 is 0 Å². The molecule has 0 saturated heterocycles. The van der Waals surface area contributed by atoms with Gasteiger partial charge in [0.25, 0.3) is 5.91 Å². The molecule has 0 spiro atoms. The van der Waals surface area contributed by atoms with E-state index in [0.717, 1.165) is 15.6 Å². The summed E-state index contributed by atoms with van der Waals surface area (Å²) in [5.41, 5.74) is 3.13. The molecular weight excluding hydrogens is 528 g/mol. The van der Waals surface area contributed by atoms with Crippen molar-refractivity contribution in [3.8, 4) is 5.75 Å². The number of nitrogens with one attached hydrogen (secondary N) is 1. The van der Waals surface area contributed by atoms with Crippen molar-refractivity contribution in [1.29, 1.82) is 0 Å². The van der Waals surface area contributed by atoms with E-state index in [9.17, 15) is 9.59 Å². The van der Waals surface area contributed by atoms with Gasteiger partial charge >= 0.3 is 0 Å². The second-order valence-electron chi connectivity index (χ2n) is 10.6. The van der Waals surface area contributed by atoms with Crippen LogP contribution < -0.4 is 10.1 Å². The molecule has 5 nitrogen and oxygen atoms in total. The molecule has 3 aromatic rings. The molecule has 0 unspecified atom stereocenters. The standard InChI is InChI=1S/C31H37BrN2O3/c1-22(2)33-30(36)28(19-23-10-7-6-8-11-23)34(20-24-12-9-13-26(32)18-24)29(35)21-37-27-16-14-25(15-17-27)31(3,4)5/h6-18,22,28H,19-21H2,1-5H3,(H,33,36)/t28-/m0/s1. The minimum Gasteiger partial charge on any atom is -0.484 e. The summed E-state index contributed by atoms with van der Waals surface area (Å²) < 4.78 is 6.82. The molecule has 1 atom stereocenters. The Kier molecular flexibility index (Phi) is 9.93. The first-order valence-corrected chi connectivity index (χ1v) is 13.4. The highest BCUT2D eigenvalue weighted by Crippen LogP contribution is 2.24. The van der Waals surface area contributed by atoms with Gasteiger partial charge in [0.15, 0.2) is 6.61 Å². The lowest BCUT2D eigenvalue weighted by molar-refractivity contribution is -0.143. The summed E-state index contributed by atoms with van der Waals surface area (Å²) in [5.74, 6) is 0.187. The number of carbonyl (C=O) groups excluding carboxylic acids is 2. The molecule has 0 aliphatic rings. The number of benzene rings is 3. The average Bonchev–Trinajstić information content (AvgIpc) is 2.84. The van der Waals surface area contributed by atoms with E-state index in [1.54, 1.807) is 4.90 Å². The molecule has 3 rings (SSSR count). The molecule has 0 saturated carbocycles. The number of hydrogen-bond acceptors (Lipinski definition) is 3. The Hall–Kier alpha value is -3.12. The normalized spacial score (nSPS) is 12.2. The van der Waals surface area contributed by atoms with Crippen molar-refractivity contribution in [2.24, 2.45) is 0 Å². The smallest absolute Gasteiger partial charge is 0.261 e. The van der Waals surface area contributed by atoms with E-state index in [2.05, 4.69) is 42.0 Å². The zero-order valence-electron chi connectivity index (χ0n) is 22.3. The van der Waals surface area contributed by atoms with Crippen LogP contribution in [0.4, 0.5) is 0 Å². The third kappa shape index (κ3) is 8.74. The van der Waals surface area contributed by atoms with Crippen molar-refractivity contribution >= 4 is 27.7 Å². The summed E-state index contributed by atoms with van der Waals surface area (Å²) in [6.45, 7) is 10.4. The van der Waals surface area contributed by atoms with E-state index in [0.29, 0.717) is 12.2 Å². The topological polar surface area (TPSA) is 58.6 Å². The number of carbonyl (C=O) groups is 2. The molecule has 0 aliphatic heterocycles. The SMILES string of the molecule is CC(C)NC(=O)[C@H](Cc1ccccc1)N(Cc1cccc(Br)c1)C(=O)COc1ccc(C(C)(C)C)cc1. The molecule has 2 amide bonds. The monoisotopic (exact) mass is 564 g/mol. The third-order valence-corrected chi connectivity index (χ3v) is 6.52. The first-order chi connectivity index (χ1) is 17.5. The summed E-state index contributed by atoms with van der Waals surface area (Å²) in [5, 5.41) is 3.01. The van der Waals surface area contributed by atoms with Crippen LogP contribution in [0.3, 0.4) is 0 Å². The van der Waals surface area contributed by atoms with Crippen molar-refractivity contribution in [3.63, 3.8) is 0 Å². The molecule has 0 heterocycles. The van der Waals surface area contributed by atoms with Gasteiger partial charge in [-0.1, -0.05) is 91.3 Å². The summed E-state index contributed by atoms with van der Waals surface area (Å²) in [6.07, 6.45) is 0.402. The fourth-order valence-corrected chi connectivity index (χ4v) is 4.49. The molecular formula is C31H37BrN2O3. The predicted octanol–water partition coefficient (Wildman–Crippen LogP) is 6.29. The highest BCUT2D eigenvalue weighted by molar-refractivity contribution is 9.10. The van der Waals surface area contributed by atoms with Gasteiger partial charge in [0.1, 0.15) is 11.8 Å². The van der Waals surface area contributed by atoms with Gasteiger partial charge in [-0.2, -0.15) is 0 Å². The molecule has 0 radical (unpaired) electrons. The van der Waals surface area contributed by atoms with Crippen LogP contribution in [-0.4, -0.2) is 35.4 Å². The van der Waals surface area contributed by atoms with Crippen molar-refractivity contribution < 1.29 is 14.3 Å². The van der Waals surface area contributed by atoms with E-state index in [4.69, 9.17) is 4.74 Å². The average molecular weight is 566 g/mol. The fraction of sp³-hybridized carbons (Fsp3) is 0.355. The number of nitrogens with zero attached hydrogens (tertiary/aromatic N) is 1. The van der Waals surface area contributed by atoms with Crippen LogP contribution in [-0.2, 0) is 28.0 Å². The number of amides is 2. The Morgan fingerprint density at radius 3 is 2.16 bits per heavy atom. The van der Waals surface area contributed by atoms with Gasteiger partial charge in [-0.05, 0) is 60.2 Å².